The number of imidazole rings is 1. The number of ether oxygens (including phenoxy) is 1. The molecule has 22 heavy (non-hydrogen) atoms. The van der Waals surface area contributed by atoms with Crippen molar-refractivity contribution in [3.05, 3.63) is 59.1 Å². The van der Waals surface area contributed by atoms with Crippen molar-refractivity contribution < 1.29 is 4.74 Å². The van der Waals surface area contributed by atoms with E-state index in [1.807, 2.05) is 48.5 Å². The molecule has 4 nitrogen and oxygen atoms in total. The Hall–Kier alpha value is -2.04. The van der Waals surface area contributed by atoms with E-state index in [1.54, 1.807) is 7.11 Å². The van der Waals surface area contributed by atoms with Crippen LogP contribution in [0.2, 0.25) is 5.02 Å². The minimum absolute atomic E-state index is 0.109. The minimum Gasteiger partial charge on any atom is -0.385 e. The van der Waals surface area contributed by atoms with Gasteiger partial charge in [-0.15, -0.1) is 0 Å². The molecule has 1 unspecified atom stereocenters. The van der Waals surface area contributed by atoms with Crippen molar-refractivity contribution in [2.75, 3.05) is 19.0 Å². The van der Waals surface area contributed by atoms with E-state index in [0.717, 1.165) is 34.0 Å². The van der Waals surface area contributed by atoms with Crippen LogP contribution in [-0.2, 0) is 4.74 Å². The van der Waals surface area contributed by atoms with Crippen LogP contribution in [0.5, 0.6) is 0 Å². The van der Waals surface area contributed by atoms with Crippen LogP contribution >= 0.6 is 11.6 Å². The van der Waals surface area contributed by atoms with Gasteiger partial charge in [0.05, 0.1) is 17.1 Å². The van der Waals surface area contributed by atoms with E-state index >= 15 is 0 Å². The molecule has 0 radical (unpaired) electrons. The number of fused-ring (bicyclic) bond motifs is 1. The van der Waals surface area contributed by atoms with E-state index < -0.39 is 0 Å². The number of halogens is 1. The van der Waals surface area contributed by atoms with Gasteiger partial charge in [0.15, 0.2) is 0 Å². The molecule has 0 bridgehead atoms. The lowest BCUT2D eigenvalue weighted by Crippen LogP contribution is -2.14. The molecule has 2 aromatic carbocycles. The maximum Gasteiger partial charge on any atom is 0.201 e. The largest absolute Gasteiger partial charge is 0.385 e. The van der Waals surface area contributed by atoms with Crippen LogP contribution in [0.4, 0.5) is 5.95 Å². The van der Waals surface area contributed by atoms with Gasteiger partial charge >= 0.3 is 0 Å². The molecule has 3 rings (SSSR count). The van der Waals surface area contributed by atoms with Gasteiger partial charge in [0.25, 0.3) is 0 Å². The summed E-state index contributed by atoms with van der Waals surface area (Å²) in [6.07, 6.45) is 0.842. The third-order valence-corrected chi connectivity index (χ3v) is 3.84. The van der Waals surface area contributed by atoms with E-state index in [9.17, 15) is 0 Å². The summed E-state index contributed by atoms with van der Waals surface area (Å²) in [5, 5.41) is 4.18. The van der Waals surface area contributed by atoms with Crippen molar-refractivity contribution in [2.45, 2.75) is 12.5 Å². The fourth-order valence-corrected chi connectivity index (χ4v) is 2.57. The Labute approximate surface area is 134 Å². The van der Waals surface area contributed by atoms with Crippen LogP contribution in [0.15, 0.2) is 48.5 Å². The molecular formula is C17H18ClN3O. The molecule has 1 heterocycles. The number of nitrogens with one attached hydrogen (secondary N) is 2. The number of rotatable bonds is 6. The Balaban J connectivity index is 1.83. The van der Waals surface area contributed by atoms with Gasteiger partial charge in [-0.1, -0.05) is 35.9 Å². The molecule has 3 aromatic rings. The smallest absolute Gasteiger partial charge is 0.201 e. The van der Waals surface area contributed by atoms with Crippen molar-refractivity contribution >= 4 is 28.6 Å². The topological polar surface area (TPSA) is 49.9 Å². The highest BCUT2D eigenvalue weighted by molar-refractivity contribution is 6.30. The predicted molar refractivity (Wildman–Crippen MR) is 90.4 cm³/mol. The van der Waals surface area contributed by atoms with Crippen LogP contribution in [-0.4, -0.2) is 23.7 Å². The number of nitrogens with zero attached hydrogens (tertiary/aromatic N) is 1. The molecule has 5 heteroatoms. The fourth-order valence-electron chi connectivity index (χ4n) is 2.44. The number of aromatic nitrogens is 2. The molecule has 0 aliphatic heterocycles. The number of anilines is 1. The van der Waals surface area contributed by atoms with Crippen molar-refractivity contribution in [3.8, 4) is 0 Å². The number of aromatic amines is 1. The molecule has 0 aliphatic rings. The first-order valence-electron chi connectivity index (χ1n) is 7.22. The molecule has 0 fully saturated rings. The first kappa shape index (κ1) is 14.9. The second-order valence-corrected chi connectivity index (χ2v) is 5.57. The summed E-state index contributed by atoms with van der Waals surface area (Å²) < 4.78 is 5.22. The lowest BCUT2D eigenvalue weighted by Gasteiger charge is -2.18. The quantitative estimate of drug-likeness (QED) is 0.708. The van der Waals surface area contributed by atoms with E-state index in [4.69, 9.17) is 16.3 Å². The Morgan fingerprint density at radius 3 is 2.68 bits per heavy atom. The lowest BCUT2D eigenvalue weighted by molar-refractivity contribution is 0.190. The molecule has 114 valence electrons. The zero-order chi connectivity index (χ0) is 15.4. The highest BCUT2D eigenvalue weighted by atomic mass is 35.5. The lowest BCUT2D eigenvalue weighted by atomic mass is 10.0. The van der Waals surface area contributed by atoms with Gasteiger partial charge in [-0.3, -0.25) is 0 Å². The van der Waals surface area contributed by atoms with Crippen LogP contribution in [0.1, 0.15) is 18.0 Å². The SMILES string of the molecule is COCCC(Nc1nc2ccccc2[nH]1)c1ccc(Cl)cc1. The van der Waals surface area contributed by atoms with Crippen molar-refractivity contribution in [1.29, 1.82) is 0 Å². The number of H-pyrrole nitrogens is 1. The normalized spacial score (nSPS) is 12.5. The molecule has 0 spiro atoms. The first-order valence-corrected chi connectivity index (χ1v) is 7.60. The Kier molecular flexibility index (Phi) is 4.61. The van der Waals surface area contributed by atoms with E-state index in [-0.39, 0.29) is 6.04 Å². The zero-order valence-corrected chi connectivity index (χ0v) is 13.1. The number of hydrogen-bond donors (Lipinski definition) is 2. The second-order valence-electron chi connectivity index (χ2n) is 5.13. The van der Waals surface area contributed by atoms with E-state index in [0.29, 0.717) is 6.61 Å². The predicted octanol–water partition coefficient (Wildman–Crippen LogP) is 4.41. The maximum absolute atomic E-state index is 5.97. The summed E-state index contributed by atoms with van der Waals surface area (Å²) in [6.45, 7) is 0.667. The van der Waals surface area contributed by atoms with Gasteiger partial charge in [0, 0.05) is 18.7 Å². The Bertz CT molecular complexity index is 706. The van der Waals surface area contributed by atoms with Gasteiger partial charge in [-0.25, -0.2) is 4.98 Å². The summed E-state index contributed by atoms with van der Waals surface area (Å²) in [7, 11) is 1.71. The molecule has 0 saturated carbocycles. The van der Waals surface area contributed by atoms with Crippen molar-refractivity contribution in [1.82, 2.24) is 9.97 Å². The van der Waals surface area contributed by atoms with Crippen molar-refractivity contribution in [2.24, 2.45) is 0 Å². The minimum atomic E-state index is 0.109. The molecule has 1 aromatic heterocycles. The summed E-state index contributed by atoms with van der Waals surface area (Å²) in [4.78, 5) is 7.86. The van der Waals surface area contributed by atoms with Crippen LogP contribution < -0.4 is 5.32 Å². The summed E-state index contributed by atoms with van der Waals surface area (Å²) in [6, 6.07) is 15.9. The molecule has 0 amide bonds. The average molecular weight is 316 g/mol. The zero-order valence-electron chi connectivity index (χ0n) is 12.3. The first-order chi connectivity index (χ1) is 10.8. The van der Waals surface area contributed by atoms with E-state index in [2.05, 4.69) is 15.3 Å². The standard InChI is InChI=1S/C17H18ClN3O/c1-22-11-10-14(12-6-8-13(18)9-7-12)19-17-20-15-4-2-3-5-16(15)21-17/h2-9,14H,10-11H2,1H3,(H2,19,20,21). The molecule has 1 atom stereocenters. The van der Waals surface area contributed by atoms with E-state index in [1.165, 1.54) is 0 Å². The molecule has 0 aliphatic carbocycles. The van der Waals surface area contributed by atoms with Gasteiger partial charge in [-0.2, -0.15) is 0 Å². The maximum atomic E-state index is 5.97. The van der Waals surface area contributed by atoms with Gasteiger partial charge < -0.3 is 15.0 Å². The molecular weight excluding hydrogens is 298 g/mol. The van der Waals surface area contributed by atoms with Gasteiger partial charge in [-0.05, 0) is 36.2 Å². The van der Waals surface area contributed by atoms with Crippen LogP contribution in [0.3, 0.4) is 0 Å². The summed E-state index contributed by atoms with van der Waals surface area (Å²) in [5.41, 5.74) is 3.13. The summed E-state index contributed by atoms with van der Waals surface area (Å²) in [5.74, 6) is 0.761. The second kappa shape index (κ2) is 6.81. The molecule has 2 N–H and O–H groups in total. The number of para-hydroxylation sites is 2. The van der Waals surface area contributed by atoms with Crippen molar-refractivity contribution in [3.63, 3.8) is 0 Å². The Morgan fingerprint density at radius 1 is 1.18 bits per heavy atom. The number of methoxy groups -OCH3 is 1. The monoisotopic (exact) mass is 315 g/mol. The van der Waals surface area contributed by atoms with Crippen LogP contribution in [0, 0.1) is 0 Å². The fraction of sp³-hybridized carbons (Fsp3) is 0.235. The van der Waals surface area contributed by atoms with Crippen LogP contribution in [0.25, 0.3) is 11.0 Å². The Morgan fingerprint density at radius 2 is 1.95 bits per heavy atom. The highest BCUT2D eigenvalue weighted by Gasteiger charge is 2.13. The third-order valence-electron chi connectivity index (χ3n) is 3.58. The average Bonchev–Trinajstić information content (AvgIpc) is 2.94. The van der Waals surface area contributed by atoms with Gasteiger partial charge in [0.1, 0.15) is 0 Å². The summed E-state index contributed by atoms with van der Waals surface area (Å²) >= 11 is 5.97. The highest BCUT2D eigenvalue weighted by Crippen LogP contribution is 2.24. The molecule has 0 saturated heterocycles. The number of hydrogen-bond acceptors (Lipinski definition) is 3. The third kappa shape index (κ3) is 3.40. The number of benzene rings is 2. The van der Waals surface area contributed by atoms with Gasteiger partial charge in [0.2, 0.25) is 5.95 Å².